The Morgan fingerprint density at radius 3 is 2.22 bits per heavy atom. The van der Waals surface area contributed by atoms with E-state index in [9.17, 15) is 20.1 Å². The van der Waals surface area contributed by atoms with Crippen LogP contribution in [0.25, 0.3) is 0 Å². The zero-order valence-corrected chi connectivity index (χ0v) is 20.1. The minimum atomic E-state index is -0.786. The van der Waals surface area contributed by atoms with Crippen molar-refractivity contribution in [3.05, 3.63) is 57.6 Å². The van der Waals surface area contributed by atoms with E-state index in [2.05, 4.69) is 5.32 Å². The molecule has 2 atom stereocenters. The van der Waals surface area contributed by atoms with Gasteiger partial charge in [0.2, 0.25) is 0 Å². The lowest BCUT2D eigenvalue weighted by Crippen LogP contribution is -2.22. The Hall–Kier alpha value is -1.70. The van der Waals surface area contributed by atoms with Crippen LogP contribution in [-0.2, 0) is 11.2 Å². The van der Waals surface area contributed by atoms with Gasteiger partial charge in [-0.2, -0.15) is 0 Å². The molecule has 0 aliphatic heterocycles. The van der Waals surface area contributed by atoms with Gasteiger partial charge in [-0.15, -0.1) is 12.4 Å². The van der Waals surface area contributed by atoms with Crippen molar-refractivity contribution in [1.29, 1.82) is 0 Å². The standard InChI is InChI=1S/C23H30Cl2N2O4.ClH/c24-19-12-17(13-20(25)22(19)26)21(29)14-27-10-4-2-1-3-5-16(23(30)31)11-15-6-8-18(28)9-7-15;/h6-9,12-13,16,21,27-29H,1-5,10-11,14,26H2,(H,30,31);1H. The largest absolute Gasteiger partial charge is 0.508 e. The number of benzene rings is 2. The van der Waals surface area contributed by atoms with Crippen LogP contribution >= 0.6 is 35.6 Å². The van der Waals surface area contributed by atoms with E-state index >= 15 is 0 Å². The summed E-state index contributed by atoms with van der Waals surface area (Å²) < 4.78 is 0. The molecule has 0 spiro atoms. The molecule has 0 aliphatic carbocycles. The lowest BCUT2D eigenvalue weighted by atomic mass is 9.93. The number of aliphatic hydroxyl groups is 1. The number of phenolic OH excluding ortho intramolecular Hbond substituents is 1. The van der Waals surface area contributed by atoms with Crippen LogP contribution in [-0.4, -0.2) is 34.4 Å². The Morgan fingerprint density at radius 2 is 1.62 bits per heavy atom. The zero-order valence-electron chi connectivity index (χ0n) is 17.8. The number of hydrogen-bond donors (Lipinski definition) is 5. The number of nitrogens with two attached hydrogens (primary N) is 1. The van der Waals surface area contributed by atoms with E-state index in [0.717, 1.165) is 37.8 Å². The van der Waals surface area contributed by atoms with Crippen LogP contribution in [0.5, 0.6) is 5.75 Å². The van der Waals surface area contributed by atoms with Crippen LogP contribution in [0.4, 0.5) is 5.69 Å². The molecule has 0 radical (unpaired) electrons. The maximum absolute atomic E-state index is 11.5. The number of anilines is 1. The molecule has 2 rings (SSSR count). The highest BCUT2D eigenvalue weighted by molar-refractivity contribution is 6.38. The summed E-state index contributed by atoms with van der Waals surface area (Å²) in [6, 6.07) is 9.91. The molecule has 0 bridgehead atoms. The number of nitrogens with one attached hydrogen (secondary N) is 1. The fraction of sp³-hybridized carbons (Fsp3) is 0.435. The molecule has 2 aromatic carbocycles. The Bertz CT molecular complexity index is 827. The van der Waals surface area contributed by atoms with E-state index in [1.165, 1.54) is 0 Å². The van der Waals surface area contributed by atoms with E-state index in [4.69, 9.17) is 28.9 Å². The van der Waals surface area contributed by atoms with Crippen molar-refractivity contribution in [2.75, 3.05) is 18.8 Å². The lowest BCUT2D eigenvalue weighted by Gasteiger charge is -2.14. The number of nitrogen functional groups attached to an aromatic ring is 1. The first-order chi connectivity index (χ1) is 14.8. The summed E-state index contributed by atoms with van der Waals surface area (Å²) in [5.74, 6) is -1.03. The first-order valence-electron chi connectivity index (χ1n) is 10.4. The van der Waals surface area contributed by atoms with Crippen LogP contribution in [0.3, 0.4) is 0 Å². The second kappa shape index (κ2) is 14.4. The molecule has 32 heavy (non-hydrogen) atoms. The van der Waals surface area contributed by atoms with Crippen molar-refractivity contribution in [2.45, 2.75) is 44.6 Å². The van der Waals surface area contributed by atoms with E-state index < -0.39 is 18.0 Å². The molecule has 6 N–H and O–H groups in total. The molecule has 0 saturated heterocycles. The van der Waals surface area contributed by atoms with Gasteiger partial charge in [-0.3, -0.25) is 4.79 Å². The molecular formula is C23H31Cl3N2O4. The SMILES string of the molecule is Cl.Nc1c(Cl)cc(C(O)CNCCCCCCC(Cc2ccc(O)cc2)C(=O)O)cc1Cl. The second-order valence-electron chi connectivity index (χ2n) is 7.73. The van der Waals surface area contributed by atoms with Gasteiger partial charge in [0, 0.05) is 6.54 Å². The minimum Gasteiger partial charge on any atom is -0.508 e. The average Bonchev–Trinajstić information content (AvgIpc) is 2.73. The van der Waals surface area contributed by atoms with E-state index in [0.29, 0.717) is 40.7 Å². The van der Waals surface area contributed by atoms with Gasteiger partial charge in [-0.25, -0.2) is 0 Å². The molecule has 2 aromatic rings. The number of carboxylic acids is 1. The molecular weight excluding hydrogens is 475 g/mol. The molecule has 6 nitrogen and oxygen atoms in total. The van der Waals surface area contributed by atoms with Crippen LogP contribution in [0, 0.1) is 5.92 Å². The van der Waals surface area contributed by atoms with Gasteiger partial charge in [-0.05, 0) is 61.2 Å². The van der Waals surface area contributed by atoms with Gasteiger partial charge in [0.05, 0.1) is 27.8 Å². The second-order valence-corrected chi connectivity index (χ2v) is 8.54. The first kappa shape index (κ1) is 28.3. The van der Waals surface area contributed by atoms with Gasteiger partial charge >= 0.3 is 5.97 Å². The Balaban J connectivity index is 0.00000512. The highest BCUT2D eigenvalue weighted by Gasteiger charge is 2.17. The molecule has 9 heteroatoms. The summed E-state index contributed by atoms with van der Waals surface area (Å²) in [4.78, 5) is 11.5. The maximum Gasteiger partial charge on any atom is 0.306 e. The normalized spacial score (nSPS) is 12.7. The van der Waals surface area contributed by atoms with Crippen LogP contribution in [0.1, 0.15) is 49.3 Å². The predicted octanol–water partition coefficient (Wildman–Crippen LogP) is 5.22. The first-order valence-corrected chi connectivity index (χ1v) is 11.2. The molecule has 2 unspecified atom stereocenters. The summed E-state index contributed by atoms with van der Waals surface area (Å²) in [5.41, 5.74) is 7.54. The number of aromatic hydroxyl groups is 1. The van der Waals surface area contributed by atoms with Crippen LogP contribution in [0.2, 0.25) is 10.0 Å². The lowest BCUT2D eigenvalue weighted by molar-refractivity contribution is -0.142. The zero-order chi connectivity index (χ0) is 22.8. The average molecular weight is 506 g/mol. The van der Waals surface area contributed by atoms with Crippen molar-refractivity contribution < 1.29 is 20.1 Å². The smallest absolute Gasteiger partial charge is 0.306 e. The number of hydrogen-bond acceptors (Lipinski definition) is 5. The van der Waals surface area contributed by atoms with Crippen molar-refractivity contribution >= 4 is 47.3 Å². The number of aliphatic hydroxyl groups excluding tert-OH is 1. The van der Waals surface area contributed by atoms with Gasteiger partial charge < -0.3 is 26.4 Å². The molecule has 0 heterocycles. The van der Waals surface area contributed by atoms with Crippen molar-refractivity contribution in [3.8, 4) is 5.75 Å². The number of phenols is 1. The topological polar surface area (TPSA) is 116 Å². The van der Waals surface area contributed by atoms with Crippen molar-refractivity contribution in [1.82, 2.24) is 5.32 Å². The minimum absolute atomic E-state index is 0. The summed E-state index contributed by atoms with van der Waals surface area (Å²) in [6.07, 6.45) is 4.08. The summed E-state index contributed by atoms with van der Waals surface area (Å²) >= 11 is 12.0. The number of halogens is 3. The molecule has 0 saturated carbocycles. The number of aliphatic carboxylic acids is 1. The number of rotatable bonds is 13. The third-order valence-electron chi connectivity index (χ3n) is 5.25. The fourth-order valence-electron chi connectivity index (χ4n) is 3.38. The van der Waals surface area contributed by atoms with E-state index in [1.54, 1.807) is 36.4 Å². The van der Waals surface area contributed by atoms with Gasteiger partial charge in [-0.1, -0.05) is 54.6 Å². The Kier molecular flexibility index (Phi) is 12.8. The number of carbonyl (C=O) groups is 1. The predicted molar refractivity (Wildman–Crippen MR) is 132 cm³/mol. The summed E-state index contributed by atoms with van der Waals surface area (Å²) in [5, 5.41) is 32.9. The van der Waals surface area contributed by atoms with Crippen LogP contribution < -0.4 is 11.1 Å². The monoisotopic (exact) mass is 504 g/mol. The Morgan fingerprint density at radius 1 is 1.03 bits per heavy atom. The quantitative estimate of drug-likeness (QED) is 0.188. The number of carboxylic acid groups (broad SMARTS) is 1. The molecule has 0 fully saturated rings. The third kappa shape index (κ3) is 9.43. The highest BCUT2D eigenvalue weighted by Crippen LogP contribution is 2.31. The van der Waals surface area contributed by atoms with Gasteiger partial charge in [0.15, 0.2) is 0 Å². The molecule has 178 valence electrons. The van der Waals surface area contributed by atoms with Gasteiger partial charge in [0.1, 0.15) is 5.75 Å². The van der Waals surface area contributed by atoms with Crippen molar-refractivity contribution in [2.24, 2.45) is 5.92 Å². The fourth-order valence-corrected chi connectivity index (χ4v) is 3.88. The maximum atomic E-state index is 11.5. The Labute approximate surface area is 205 Å². The van der Waals surface area contributed by atoms with Crippen molar-refractivity contribution in [3.63, 3.8) is 0 Å². The van der Waals surface area contributed by atoms with Crippen LogP contribution in [0.15, 0.2) is 36.4 Å². The summed E-state index contributed by atoms with van der Waals surface area (Å²) in [7, 11) is 0. The molecule has 0 amide bonds. The van der Waals surface area contributed by atoms with E-state index in [1.807, 2.05) is 0 Å². The highest BCUT2D eigenvalue weighted by atomic mass is 35.5. The third-order valence-corrected chi connectivity index (χ3v) is 5.87. The molecule has 0 aliphatic rings. The van der Waals surface area contributed by atoms with Gasteiger partial charge in [0.25, 0.3) is 0 Å². The molecule has 0 aromatic heterocycles. The van der Waals surface area contributed by atoms with E-state index in [-0.39, 0.29) is 18.2 Å². The summed E-state index contributed by atoms with van der Waals surface area (Å²) in [6.45, 7) is 1.13. The number of unbranched alkanes of at least 4 members (excludes halogenated alkanes) is 3.